The zero-order chi connectivity index (χ0) is 47.3. The molecule has 0 aromatic rings. The number of ether oxygens (including phenoxy) is 6. The molecule has 0 aliphatic rings. The summed E-state index contributed by atoms with van der Waals surface area (Å²) in [6.07, 6.45) is 28.1. The molecule has 0 rings (SSSR count). The summed E-state index contributed by atoms with van der Waals surface area (Å²) in [7, 11) is 3.84. The maximum Gasteiger partial charge on any atom is 0.509 e. The van der Waals surface area contributed by atoms with Crippen molar-refractivity contribution in [2.45, 2.75) is 239 Å². The van der Waals surface area contributed by atoms with E-state index < -0.39 is 30.6 Å². The third-order valence-corrected chi connectivity index (χ3v) is 11.7. The van der Waals surface area contributed by atoms with Gasteiger partial charge in [-0.2, -0.15) is 0 Å². The van der Waals surface area contributed by atoms with E-state index in [4.69, 9.17) is 28.4 Å². The molecule has 376 valence electrons. The molecule has 64 heavy (non-hydrogen) atoms. The highest BCUT2D eigenvalue weighted by Crippen LogP contribution is 2.22. The summed E-state index contributed by atoms with van der Waals surface area (Å²) < 4.78 is 32.6. The van der Waals surface area contributed by atoms with Crippen LogP contribution >= 0.6 is 0 Å². The summed E-state index contributed by atoms with van der Waals surface area (Å²) in [6.45, 7) is 10.4. The van der Waals surface area contributed by atoms with Crippen molar-refractivity contribution in [3.8, 4) is 0 Å². The van der Waals surface area contributed by atoms with Crippen LogP contribution in [0.4, 0.5) is 4.79 Å². The Morgan fingerprint density at radius 1 is 0.375 bits per heavy atom. The van der Waals surface area contributed by atoms with Gasteiger partial charge in [-0.05, 0) is 84.7 Å². The molecule has 0 N–H and O–H groups in total. The smallest absolute Gasteiger partial charge is 0.466 e. The third-order valence-electron chi connectivity index (χ3n) is 11.7. The van der Waals surface area contributed by atoms with Crippen molar-refractivity contribution in [2.24, 2.45) is 11.8 Å². The molecule has 0 aliphatic carbocycles. The van der Waals surface area contributed by atoms with E-state index in [0.29, 0.717) is 58.2 Å². The first kappa shape index (κ1) is 61.1. The minimum Gasteiger partial charge on any atom is -0.466 e. The molecular formula is C52H97NO11. The molecule has 0 saturated heterocycles. The highest BCUT2D eigenvalue weighted by molar-refractivity contribution is 5.83. The van der Waals surface area contributed by atoms with Gasteiger partial charge in [-0.3, -0.25) is 14.4 Å². The van der Waals surface area contributed by atoms with Gasteiger partial charge in [0.2, 0.25) is 6.10 Å². The molecule has 0 amide bonds. The first-order valence-electron chi connectivity index (χ1n) is 26.2. The monoisotopic (exact) mass is 912 g/mol. The number of hydrogen-bond acceptors (Lipinski definition) is 12. The number of esters is 4. The Labute approximate surface area is 391 Å². The maximum atomic E-state index is 13.0. The number of nitrogens with zero attached hydrogens (tertiary/aromatic N) is 1. The minimum atomic E-state index is -1.51. The molecule has 0 bridgehead atoms. The van der Waals surface area contributed by atoms with Crippen LogP contribution in [0, 0.1) is 11.8 Å². The number of rotatable bonds is 46. The Bertz CT molecular complexity index is 1130. The molecule has 12 nitrogen and oxygen atoms in total. The van der Waals surface area contributed by atoms with E-state index in [1.807, 2.05) is 19.0 Å². The van der Waals surface area contributed by atoms with Crippen LogP contribution in [0.1, 0.15) is 233 Å². The van der Waals surface area contributed by atoms with E-state index in [1.165, 1.54) is 64.2 Å². The van der Waals surface area contributed by atoms with Crippen molar-refractivity contribution >= 4 is 30.0 Å². The van der Waals surface area contributed by atoms with Crippen molar-refractivity contribution < 1.29 is 52.4 Å². The second-order valence-corrected chi connectivity index (χ2v) is 18.1. The quantitative estimate of drug-likeness (QED) is 0.0326. The molecule has 0 aromatic carbocycles. The second kappa shape index (κ2) is 45.3. The van der Waals surface area contributed by atoms with Crippen molar-refractivity contribution in [1.82, 2.24) is 4.90 Å². The summed E-state index contributed by atoms with van der Waals surface area (Å²) in [5.41, 5.74) is 0. The van der Waals surface area contributed by atoms with E-state index in [0.717, 1.165) is 96.4 Å². The van der Waals surface area contributed by atoms with Crippen molar-refractivity contribution in [3.63, 3.8) is 0 Å². The zero-order valence-electron chi connectivity index (χ0n) is 42.0. The van der Waals surface area contributed by atoms with E-state index >= 15 is 0 Å². The molecule has 0 saturated carbocycles. The summed E-state index contributed by atoms with van der Waals surface area (Å²) in [4.78, 5) is 66.2. The van der Waals surface area contributed by atoms with E-state index in [-0.39, 0.29) is 43.6 Å². The number of carbonyl (C=O) groups is 5. The van der Waals surface area contributed by atoms with Gasteiger partial charge in [0.1, 0.15) is 0 Å². The molecule has 3 atom stereocenters. The Balaban J connectivity index is 4.82. The second-order valence-electron chi connectivity index (χ2n) is 18.1. The molecule has 0 aromatic heterocycles. The lowest BCUT2D eigenvalue weighted by Crippen LogP contribution is -2.33. The van der Waals surface area contributed by atoms with Crippen molar-refractivity contribution in [1.29, 1.82) is 0 Å². The first-order chi connectivity index (χ1) is 31.1. The fourth-order valence-electron chi connectivity index (χ4n) is 7.60. The Kier molecular flexibility index (Phi) is 43.2. The predicted molar refractivity (Wildman–Crippen MR) is 256 cm³/mol. The molecule has 3 unspecified atom stereocenters. The van der Waals surface area contributed by atoms with E-state index in [1.54, 1.807) is 0 Å². The molecule has 12 heteroatoms. The largest absolute Gasteiger partial charge is 0.509 e. The average Bonchev–Trinajstić information content (AvgIpc) is 3.27. The predicted octanol–water partition coefficient (Wildman–Crippen LogP) is 13.0. The Morgan fingerprint density at radius 3 is 1.11 bits per heavy atom. The van der Waals surface area contributed by atoms with Gasteiger partial charge in [0, 0.05) is 6.54 Å². The van der Waals surface area contributed by atoms with Crippen LogP contribution in [0.3, 0.4) is 0 Å². The highest BCUT2D eigenvalue weighted by Gasteiger charge is 2.29. The van der Waals surface area contributed by atoms with Crippen LogP contribution in [0.15, 0.2) is 0 Å². The zero-order valence-corrected chi connectivity index (χ0v) is 42.0. The third kappa shape index (κ3) is 38.4. The number of unbranched alkanes of at least 4 members (excludes halogenated alkanes) is 20. The Morgan fingerprint density at radius 2 is 0.703 bits per heavy atom. The lowest BCUT2D eigenvalue weighted by molar-refractivity contribution is -0.161. The standard InChI is InChI=1S/C52H97NO11/c1-7-11-15-19-21-27-36-45(34-25-17-13-9-3)49(55)60-39-29-23-31-41-62-51(57)47(44-48(54)59-43-33-38-53(5)6)64-52(58)63-42-32-24-30-40-61-50(56)46(35-26-18-14-10-4)37-28-22-20-16-12-8-2/h45-47H,7-44H2,1-6H3. The van der Waals surface area contributed by atoms with Gasteiger partial charge in [-0.25, -0.2) is 9.59 Å². The van der Waals surface area contributed by atoms with Gasteiger partial charge in [0.25, 0.3) is 0 Å². The van der Waals surface area contributed by atoms with Crippen molar-refractivity contribution in [3.05, 3.63) is 0 Å². The fourth-order valence-corrected chi connectivity index (χ4v) is 7.60. The van der Waals surface area contributed by atoms with Crippen LogP contribution in [0.5, 0.6) is 0 Å². The van der Waals surface area contributed by atoms with E-state index in [9.17, 15) is 24.0 Å². The van der Waals surface area contributed by atoms with Gasteiger partial charge in [-0.15, -0.1) is 0 Å². The van der Waals surface area contributed by atoms with Gasteiger partial charge >= 0.3 is 30.0 Å². The number of carbonyl (C=O) groups excluding carboxylic acids is 5. The molecular weight excluding hydrogens is 815 g/mol. The summed E-state index contributed by atoms with van der Waals surface area (Å²) in [5.74, 6) is -1.83. The molecule has 0 heterocycles. The molecule has 0 fully saturated rings. The molecule has 0 aliphatic heterocycles. The van der Waals surface area contributed by atoms with Crippen LogP contribution in [0.25, 0.3) is 0 Å². The summed E-state index contributed by atoms with van der Waals surface area (Å²) in [6, 6.07) is 0. The van der Waals surface area contributed by atoms with Gasteiger partial charge in [0.15, 0.2) is 0 Å². The van der Waals surface area contributed by atoms with Crippen LogP contribution in [-0.4, -0.2) is 94.7 Å². The van der Waals surface area contributed by atoms with Gasteiger partial charge in [-0.1, -0.05) is 156 Å². The van der Waals surface area contributed by atoms with Crippen molar-refractivity contribution in [2.75, 3.05) is 53.7 Å². The topological polar surface area (TPSA) is 144 Å². The lowest BCUT2D eigenvalue weighted by atomic mass is 9.94. The Hall–Kier alpha value is -2.89. The van der Waals surface area contributed by atoms with Crippen LogP contribution in [0.2, 0.25) is 0 Å². The average molecular weight is 912 g/mol. The normalized spacial score (nSPS) is 12.7. The molecule has 0 spiro atoms. The number of hydrogen-bond donors (Lipinski definition) is 0. The molecule has 0 radical (unpaired) electrons. The maximum absolute atomic E-state index is 13.0. The first-order valence-corrected chi connectivity index (χ1v) is 26.2. The van der Waals surface area contributed by atoms with Gasteiger partial charge in [0.05, 0.1) is 51.3 Å². The lowest BCUT2D eigenvalue weighted by Gasteiger charge is -2.17. The summed E-state index contributed by atoms with van der Waals surface area (Å²) >= 11 is 0. The minimum absolute atomic E-state index is 0.0464. The van der Waals surface area contributed by atoms with Crippen LogP contribution < -0.4 is 0 Å². The van der Waals surface area contributed by atoms with Gasteiger partial charge < -0.3 is 33.3 Å². The fraction of sp³-hybridized carbons (Fsp3) is 0.904. The van der Waals surface area contributed by atoms with Crippen LogP contribution in [-0.2, 0) is 47.6 Å². The van der Waals surface area contributed by atoms with E-state index in [2.05, 4.69) is 27.7 Å². The SMILES string of the molecule is CCCCCCCCC(CCCCCC)C(=O)OCCCCCOC(=O)OC(CC(=O)OCCCN(C)C)C(=O)OCCCCCOC(=O)C(CCCCCC)CCCCCCCC. The highest BCUT2D eigenvalue weighted by atomic mass is 16.7. The summed E-state index contributed by atoms with van der Waals surface area (Å²) in [5, 5.41) is 0.